The maximum absolute atomic E-state index is 12.6. The maximum atomic E-state index is 12.6. The molecule has 1 aliphatic carbocycles. The summed E-state index contributed by atoms with van der Waals surface area (Å²) in [4.78, 5) is 28.3. The number of carbonyl (C=O) groups excluding carboxylic acids is 1. The van der Waals surface area contributed by atoms with Gasteiger partial charge in [0.15, 0.2) is 0 Å². The molecular weight excluding hydrogens is 268 g/mol. The Morgan fingerprint density at radius 2 is 1.86 bits per heavy atom. The zero-order chi connectivity index (χ0) is 15.5. The van der Waals surface area contributed by atoms with Crippen LogP contribution in [0.3, 0.4) is 0 Å². The number of nitrogens with zero attached hydrogens (tertiary/aromatic N) is 2. The van der Waals surface area contributed by atoms with Crippen LogP contribution in [0.25, 0.3) is 0 Å². The molecule has 0 radical (unpaired) electrons. The third kappa shape index (κ3) is 3.76. The van der Waals surface area contributed by atoms with Crippen molar-refractivity contribution in [3.63, 3.8) is 0 Å². The van der Waals surface area contributed by atoms with Crippen LogP contribution in [0.4, 0.5) is 0 Å². The Labute approximate surface area is 127 Å². The Balaban J connectivity index is 2.00. The van der Waals surface area contributed by atoms with Crippen molar-refractivity contribution in [1.29, 1.82) is 0 Å². The van der Waals surface area contributed by atoms with Gasteiger partial charge in [0, 0.05) is 25.6 Å². The number of piperidine rings is 1. The number of amides is 1. The van der Waals surface area contributed by atoms with E-state index in [2.05, 4.69) is 4.90 Å². The van der Waals surface area contributed by atoms with E-state index >= 15 is 0 Å². The minimum absolute atomic E-state index is 0.0332. The first-order valence-corrected chi connectivity index (χ1v) is 8.12. The molecule has 120 valence electrons. The number of carboxylic acids is 1. The minimum Gasteiger partial charge on any atom is -0.481 e. The van der Waals surface area contributed by atoms with Gasteiger partial charge in [0.05, 0.1) is 5.41 Å². The Kier molecular flexibility index (Phi) is 5.25. The highest BCUT2D eigenvalue weighted by Gasteiger charge is 2.42. The fourth-order valence-electron chi connectivity index (χ4n) is 3.70. The van der Waals surface area contributed by atoms with Crippen molar-refractivity contribution in [2.75, 3.05) is 27.2 Å². The van der Waals surface area contributed by atoms with Crippen LogP contribution < -0.4 is 0 Å². The van der Waals surface area contributed by atoms with Crippen LogP contribution in [0.5, 0.6) is 0 Å². The van der Waals surface area contributed by atoms with Crippen molar-refractivity contribution in [2.45, 2.75) is 57.4 Å². The second-order valence-corrected chi connectivity index (χ2v) is 6.92. The van der Waals surface area contributed by atoms with E-state index in [1.54, 1.807) is 0 Å². The lowest BCUT2D eigenvalue weighted by Gasteiger charge is -2.39. The van der Waals surface area contributed by atoms with Crippen LogP contribution >= 0.6 is 0 Å². The summed E-state index contributed by atoms with van der Waals surface area (Å²) in [5.41, 5.74) is -0.805. The third-order valence-electron chi connectivity index (χ3n) is 5.23. The Hall–Kier alpha value is -1.10. The zero-order valence-electron chi connectivity index (χ0n) is 13.3. The monoisotopic (exact) mass is 296 g/mol. The molecule has 5 heteroatoms. The summed E-state index contributed by atoms with van der Waals surface area (Å²) >= 11 is 0. The molecule has 5 nitrogen and oxygen atoms in total. The first-order chi connectivity index (χ1) is 9.94. The molecule has 0 spiro atoms. The maximum Gasteiger partial charge on any atom is 0.310 e. The fourth-order valence-corrected chi connectivity index (χ4v) is 3.70. The van der Waals surface area contributed by atoms with Crippen LogP contribution in [-0.4, -0.2) is 60.0 Å². The summed E-state index contributed by atoms with van der Waals surface area (Å²) in [6.07, 6.45) is 6.56. The van der Waals surface area contributed by atoms with Gasteiger partial charge in [-0.05, 0) is 39.8 Å². The average Bonchev–Trinajstić information content (AvgIpc) is 2.48. The summed E-state index contributed by atoms with van der Waals surface area (Å²) in [6, 6.07) is 0.398. The fraction of sp³-hybridized carbons (Fsp3) is 0.875. The van der Waals surface area contributed by atoms with Gasteiger partial charge in [0.25, 0.3) is 0 Å². The molecule has 2 fully saturated rings. The molecule has 2 aliphatic rings. The number of rotatable bonds is 4. The molecule has 2 rings (SSSR count). The van der Waals surface area contributed by atoms with Gasteiger partial charge in [-0.2, -0.15) is 0 Å². The molecule has 1 heterocycles. The number of carbonyl (C=O) groups is 2. The van der Waals surface area contributed by atoms with Gasteiger partial charge >= 0.3 is 5.97 Å². The van der Waals surface area contributed by atoms with Gasteiger partial charge in [-0.25, -0.2) is 0 Å². The highest BCUT2D eigenvalue weighted by Crippen LogP contribution is 2.40. The van der Waals surface area contributed by atoms with Gasteiger partial charge in [0.2, 0.25) is 5.91 Å². The molecule has 1 amide bonds. The number of likely N-dealkylation sites (N-methyl/N-ethyl adjacent to an activating group) is 1. The molecule has 1 N–H and O–H groups in total. The van der Waals surface area contributed by atoms with Crippen LogP contribution in [0.15, 0.2) is 0 Å². The van der Waals surface area contributed by atoms with Crippen molar-refractivity contribution < 1.29 is 14.7 Å². The lowest BCUT2D eigenvalue weighted by atomic mass is 9.71. The smallest absolute Gasteiger partial charge is 0.310 e. The van der Waals surface area contributed by atoms with E-state index in [9.17, 15) is 14.7 Å². The van der Waals surface area contributed by atoms with Crippen molar-refractivity contribution in [3.05, 3.63) is 0 Å². The van der Waals surface area contributed by atoms with Crippen LogP contribution in [0.2, 0.25) is 0 Å². The zero-order valence-corrected chi connectivity index (χ0v) is 13.3. The molecule has 21 heavy (non-hydrogen) atoms. The summed E-state index contributed by atoms with van der Waals surface area (Å²) in [6.45, 7) is 1.51. The summed E-state index contributed by atoms with van der Waals surface area (Å²) in [7, 11) is 4.08. The predicted molar refractivity (Wildman–Crippen MR) is 81.1 cm³/mol. The van der Waals surface area contributed by atoms with Crippen LogP contribution in [-0.2, 0) is 9.59 Å². The Morgan fingerprint density at radius 1 is 1.19 bits per heavy atom. The van der Waals surface area contributed by atoms with Crippen LogP contribution in [0.1, 0.15) is 51.4 Å². The molecule has 0 aromatic rings. The van der Waals surface area contributed by atoms with Gasteiger partial charge in [0.1, 0.15) is 0 Å². The molecule has 1 unspecified atom stereocenters. The van der Waals surface area contributed by atoms with Gasteiger partial charge in [-0.3, -0.25) is 9.59 Å². The lowest BCUT2D eigenvalue weighted by molar-refractivity contribution is -0.156. The van der Waals surface area contributed by atoms with Crippen molar-refractivity contribution in [2.24, 2.45) is 5.41 Å². The van der Waals surface area contributed by atoms with E-state index in [4.69, 9.17) is 0 Å². The molecule has 0 aromatic heterocycles. The van der Waals surface area contributed by atoms with Crippen molar-refractivity contribution in [1.82, 2.24) is 9.80 Å². The van der Waals surface area contributed by atoms with E-state index in [1.807, 2.05) is 19.0 Å². The molecule has 1 atom stereocenters. The summed E-state index contributed by atoms with van der Waals surface area (Å²) < 4.78 is 0. The molecule has 1 saturated heterocycles. The lowest BCUT2D eigenvalue weighted by Crippen LogP contribution is -2.49. The van der Waals surface area contributed by atoms with Crippen LogP contribution in [0, 0.1) is 5.41 Å². The number of likely N-dealkylation sites (tertiary alicyclic amines) is 1. The van der Waals surface area contributed by atoms with E-state index in [-0.39, 0.29) is 12.3 Å². The number of carboxylic acid groups (broad SMARTS) is 1. The summed E-state index contributed by atoms with van der Waals surface area (Å²) in [5, 5.41) is 9.60. The molecule has 0 bridgehead atoms. The minimum atomic E-state index is -0.805. The first kappa shape index (κ1) is 16.3. The topological polar surface area (TPSA) is 60.9 Å². The van der Waals surface area contributed by atoms with E-state index in [0.717, 1.165) is 45.2 Å². The molecular formula is C16H28N2O3. The quantitative estimate of drug-likeness (QED) is 0.861. The first-order valence-electron chi connectivity index (χ1n) is 8.12. The second kappa shape index (κ2) is 6.77. The van der Waals surface area contributed by atoms with Crippen molar-refractivity contribution >= 4 is 11.9 Å². The Bertz CT molecular complexity index is 389. The van der Waals surface area contributed by atoms with Gasteiger partial charge in [-0.15, -0.1) is 0 Å². The number of hydrogen-bond donors (Lipinski definition) is 1. The molecule has 0 aromatic carbocycles. The number of hydrogen-bond acceptors (Lipinski definition) is 3. The number of aliphatic carboxylic acids is 1. The summed E-state index contributed by atoms with van der Waals surface area (Å²) in [5.74, 6) is -0.748. The normalized spacial score (nSPS) is 25.9. The highest BCUT2D eigenvalue weighted by atomic mass is 16.4. The average molecular weight is 296 g/mol. The third-order valence-corrected chi connectivity index (χ3v) is 5.23. The second-order valence-electron chi connectivity index (χ2n) is 6.92. The predicted octanol–water partition coefficient (Wildman–Crippen LogP) is 1.96. The van der Waals surface area contributed by atoms with E-state index in [1.165, 1.54) is 0 Å². The van der Waals surface area contributed by atoms with Gasteiger partial charge < -0.3 is 14.9 Å². The SMILES string of the molecule is CN(C)C1CCCN(C(=O)CC2(C(=O)O)CCCCC2)C1. The van der Waals surface area contributed by atoms with E-state index in [0.29, 0.717) is 18.9 Å². The molecule has 1 aliphatic heterocycles. The highest BCUT2D eigenvalue weighted by molar-refractivity contribution is 5.85. The van der Waals surface area contributed by atoms with Gasteiger partial charge in [-0.1, -0.05) is 19.3 Å². The largest absolute Gasteiger partial charge is 0.481 e. The van der Waals surface area contributed by atoms with E-state index < -0.39 is 11.4 Å². The van der Waals surface area contributed by atoms with Crippen molar-refractivity contribution in [3.8, 4) is 0 Å². The molecule has 1 saturated carbocycles. The Morgan fingerprint density at radius 3 is 2.43 bits per heavy atom. The standard InChI is InChI=1S/C16H28N2O3/c1-17(2)13-7-6-10-18(12-13)14(19)11-16(15(20)21)8-4-3-5-9-16/h13H,3-12H2,1-2H3,(H,20,21).